The highest BCUT2D eigenvalue weighted by Crippen LogP contribution is 2.19. The van der Waals surface area contributed by atoms with Gasteiger partial charge in [0.25, 0.3) is 0 Å². The lowest BCUT2D eigenvalue weighted by molar-refractivity contribution is -0.144. The Balaban J connectivity index is 0.00000235. The van der Waals surface area contributed by atoms with Gasteiger partial charge < -0.3 is 19.7 Å². The molecule has 0 aromatic rings. The second kappa shape index (κ2) is 13.5. The molecular weight excluding hydrogens is 362 g/mol. The molecule has 0 saturated carbocycles. The molecule has 8 nitrogen and oxygen atoms in total. The van der Waals surface area contributed by atoms with E-state index in [1.165, 1.54) is 4.90 Å². The van der Waals surface area contributed by atoms with Gasteiger partial charge in [0, 0.05) is 18.3 Å². The van der Waals surface area contributed by atoms with E-state index in [0.29, 0.717) is 31.8 Å². The number of allylic oxidation sites excluding steroid dienone is 3. The average molecular weight is 396 g/mol. The zero-order chi connectivity index (χ0) is 20.2. The molecule has 3 amide bonds. The van der Waals surface area contributed by atoms with Gasteiger partial charge in [0.15, 0.2) is 0 Å². The summed E-state index contributed by atoms with van der Waals surface area (Å²) in [7, 11) is 0. The number of cyclic esters (lactones) is 1. The normalized spacial score (nSPS) is 20.7. The van der Waals surface area contributed by atoms with Gasteiger partial charge in [-0.05, 0) is 19.1 Å². The maximum absolute atomic E-state index is 12.1. The molecule has 2 fully saturated rings. The Bertz CT molecular complexity index is 588. The summed E-state index contributed by atoms with van der Waals surface area (Å²) in [6.07, 6.45) is 6.57. The van der Waals surface area contributed by atoms with E-state index in [1.807, 2.05) is 26.8 Å². The smallest absolute Gasteiger partial charge is 0.414 e. The summed E-state index contributed by atoms with van der Waals surface area (Å²) < 4.78 is 10.3. The van der Waals surface area contributed by atoms with Crippen LogP contribution in [0.3, 0.4) is 0 Å². The predicted molar refractivity (Wildman–Crippen MR) is 109 cm³/mol. The van der Waals surface area contributed by atoms with Gasteiger partial charge in [-0.2, -0.15) is 0 Å². The molecule has 2 heterocycles. The molecule has 0 spiro atoms. The highest BCUT2D eigenvalue weighted by molar-refractivity contribution is 5.78. The number of hydrogen-bond acceptors (Lipinski definition) is 5. The van der Waals surface area contributed by atoms with Gasteiger partial charge in [0.05, 0.1) is 19.7 Å². The Kier molecular flexibility index (Phi) is 12.3. The largest absolute Gasteiger partial charge is 0.442 e. The maximum Gasteiger partial charge on any atom is 0.414 e. The van der Waals surface area contributed by atoms with E-state index in [-0.39, 0.29) is 32.5 Å². The van der Waals surface area contributed by atoms with Crippen LogP contribution in [-0.4, -0.2) is 73.2 Å². The fourth-order valence-corrected chi connectivity index (χ4v) is 2.68. The molecule has 2 rings (SSSR count). The molecule has 0 aromatic carbocycles. The van der Waals surface area contributed by atoms with Crippen molar-refractivity contribution in [3.8, 4) is 0 Å². The fourth-order valence-electron chi connectivity index (χ4n) is 2.68. The van der Waals surface area contributed by atoms with Gasteiger partial charge in [-0.25, -0.2) is 4.79 Å². The molecule has 8 heteroatoms. The fraction of sp³-hybridized carbons (Fsp3) is 0.550. The SMILES string of the molecule is C.C=C/C=C(\C=C/C(C)N1CCOCC1=O)N1CC(CNC=O)OC1=O.CC. The van der Waals surface area contributed by atoms with Crippen molar-refractivity contribution in [2.45, 2.75) is 40.3 Å². The van der Waals surface area contributed by atoms with Crippen LogP contribution in [0.2, 0.25) is 0 Å². The van der Waals surface area contributed by atoms with Gasteiger partial charge in [-0.3, -0.25) is 14.5 Å². The summed E-state index contributed by atoms with van der Waals surface area (Å²) in [5, 5.41) is 2.50. The zero-order valence-corrected chi connectivity index (χ0v) is 16.2. The van der Waals surface area contributed by atoms with Crippen LogP contribution in [0.1, 0.15) is 28.2 Å². The molecule has 2 aliphatic heterocycles. The summed E-state index contributed by atoms with van der Waals surface area (Å²) in [4.78, 5) is 37.5. The van der Waals surface area contributed by atoms with Crippen LogP contribution in [-0.2, 0) is 19.1 Å². The number of ether oxygens (including phenoxy) is 2. The molecule has 2 unspecified atom stereocenters. The highest BCUT2D eigenvalue weighted by atomic mass is 16.6. The van der Waals surface area contributed by atoms with E-state index in [0.717, 1.165) is 0 Å². The van der Waals surface area contributed by atoms with E-state index in [2.05, 4.69) is 11.9 Å². The number of carbonyl (C=O) groups is 3. The number of carbonyl (C=O) groups excluding carboxylic acids is 3. The van der Waals surface area contributed by atoms with Gasteiger partial charge in [0.1, 0.15) is 12.7 Å². The molecule has 0 aromatic heterocycles. The molecule has 0 bridgehead atoms. The van der Waals surface area contributed by atoms with E-state index >= 15 is 0 Å². The monoisotopic (exact) mass is 395 g/mol. The molecule has 158 valence electrons. The first-order valence-corrected chi connectivity index (χ1v) is 9.10. The average Bonchev–Trinajstić information content (AvgIpc) is 3.05. The minimum atomic E-state index is -0.481. The van der Waals surface area contributed by atoms with Crippen LogP contribution < -0.4 is 5.32 Å². The van der Waals surface area contributed by atoms with Gasteiger partial charge >= 0.3 is 6.09 Å². The first kappa shape index (κ1) is 25.4. The summed E-state index contributed by atoms with van der Waals surface area (Å²) in [5.74, 6) is -0.0572. The van der Waals surface area contributed by atoms with E-state index in [1.54, 1.807) is 23.1 Å². The van der Waals surface area contributed by atoms with Crippen LogP contribution in [0.25, 0.3) is 0 Å². The molecule has 0 aliphatic carbocycles. The van der Waals surface area contributed by atoms with Gasteiger partial charge in [-0.15, -0.1) is 0 Å². The van der Waals surface area contributed by atoms with E-state index in [4.69, 9.17) is 9.47 Å². The minimum absolute atomic E-state index is 0. The summed E-state index contributed by atoms with van der Waals surface area (Å²) in [5.41, 5.74) is 0.612. The molecule has 2 saturated heterocycles. The van der Waals surface area contributed by atoms with E-state index < -0.39 is 12.2 Å². The lowest BCUT2D eigenvalue weighted by Gasteiger charge is -2.31. The van der Waals surface area contributed by atoms with Crippen molar-refractivity contribution < 1.29 is 23.9 Å². The highest BCUT2D eigenvalue weighted by Gasteiger charge is 2.32. The van der Waals surface area contributed by atoms with Crippen molar-refractivity contribution in [2.24, 2.45) is 0 Å². The molecular formula is C20H33N3O5. The Morgan fingerprint density at radius 2 is 2.11 bits per heavy atom. The standard InChI is InChI=1S/C17H23N3O5.C2H6.CH4/c1-3-4-14(20-10-15(9-18-12-21)25-17(20)23)6-5-13(2)19-7-8-24-11-16(19)22;1-2;/h3-6,12-13,15H,1,7-11H2,2H3,(H,18,21);1-2H3;1H4/b6-5-,14-4+;;. The number of nitrogens with one attached hydrogen (secondary N) is 1. The topological polar surface area (TPSA) is 88.2 Å². The molecule has 28 heavy (non-hydrogen) atoms. The number of rotatable bonds is 8. The molecule has 2 aliphatic rings. The van der Waals surface area contributed by atoms with Crippen molar-refractivity contribution in [3.63, 3.8) is 0 Å². The quantitative estimate of drug-likeness (QED) is 0.502. The third kappa shape index (κ3) is 7.19. The van der Waals surface area contributed by atoms with E-state index in [9.17, 15) is 14.4 Å². The minimum Gasteiger partial charge on any atom is -0.442 e. The second-order valence-electron chi connectivity index (χ2n) is 5.71. The Morgan fingerprint density at radius 1 is 1.39 bits per heavy atom. The first-order chi connectivity index (χ1) is 13.1. The summed E-state index contributed by atoms with van der Waals surface area (Å²) >= 11 is 0. The Labute approximate surface area is 167 Å². The summed E-state index contributed by atoms with van der Waals surface area (Å²) in [6.45, 7) is 11.3. The van der Waals surface area contributed by atoms with Gasteiger partial charge in [-0.1, -0.05) is 40.0 Å². The molecule has 2 atom stereocenters. The van der Waals surface area contributed by atoms with Gasteiger partial charge in [0.2, 0.25) is 12.3 Å². The van der Waals surface area contributed by atoms with Crippen LogP contribution in [0.5, 0.6) is 0 Å². The number of nitrogens with zero attached hydrogens (tertiary/aromatic N) is 2. The number of morpholine rings is 1. The maximum atomic E-state index is 12.1. The van der Waals surface area contributed by atoms with Crippen LogP contribution in [0, 0.1) is 0 Å². The molecule has 1 N–H and O–H groups in total. The lowest BCUT2D eigenvalue weighted by Crippen LogP contribution is -2.45. The Morgan fingerprint density at radius 3 is 2.71 bits per heavy atom. The van der Waals surface area contributed by atoms with Crippen molar-refractivity contribution in [3.05, 3.63) is 36.6 Å². The van der Waals surface area contributed by atoms with Crippen molar-refractivity contribution in [1.29, 1.82) is 0 Å². The summed E-state index contributed by atoms with van der Waals surface area (Å²) in [6, 6.07) is -0.129. The van der Waals surface area contributed by atoms with Crippen LogP contribution >= 0.6 is 0 Å². The third-order valence-corrected chi connectivity index (χ3v) is 3.96. The number of hydrogen-bond donors (Lipinski definition) is 1. The molecule has 0 radical (unpaired) electrons. The van der Waals surface area contributed by atoms with Crippen molar-refractivity contribution >= 4 is 18.4 Å². The van der Waals surface area contributed by atoms with Crippen LogP contribution in [0.4, 0.5) is 4.79 Å². The van der Waals surface area contributed by atoms with Crippen molar-refractivity contribution in [1.82, 2.24) is 15.1 Å². The van der Waals surface area contributed by atoms with Crippen molar-refractivity contribution in [2.75, 3.05) is 32.8 Å². The zero-order valence-electron chi connectivity index (χ0n) is 16.2. The Hall–Kier alpha value is -2.61. The lowest BCUT2D eigenvalue weighted by atomic mass is 10.2. The number of amides is 3. The first-order valence-electron chi connectivity index (χ1n) is 9.10. The van der Waals surface area contributed by atoms with Crippen LogP contribution in [0.15, 0.2) is 36.6 Å². The third-order valence-electron chi connectivity index (χ3n) is 3.96. The predicted octanol–water partition coefficient (Wildman–Crippen LogP) is 2.09. The second-order valence-corrected chi connectivity index (χ2v) is 5.71.